The summed E-state index contributed by atoms with van der Waals surface area (Å²) in [4.78, 5) is 11.5. The Hall–Kier alpha value is -1.39. The van der Waals surface area contributed by atoms with E-state index in [4.69, 9.17) is 0 Å². The van der Waals surface area contributed by atoms with Crippen LogP contribution in [0.2, 0.25) is 0 Å². The first kappa shape index (κ1) is 15.7. The molecule has 1 rings (SSSR count). The Balaban J connectivity index is 2.27. The van der Waals surface area contributed by atoms with Crippen LogP contribution in [0.4, 0.5) is 0 Å². The molecule has 0 aliphatic carbocycles. The van der Waals surface area contributed by atoms with Gasteiger partial charge >= 0.3 is 0 Å². The standard InChI is InChI=1S/C15H24N2O2/c1-2-3-9-16-15(19)11-17-14(12-18)10-13-7-5-4-6-8-13/h4-8,14,17-18H,2-3,9-12H2,1H3,(H,16,19). The van der Waals surface area contributed by atoms with E-state index >= 15 is 0 Å². The van der Waals surface area contributed by atoms with Crippen LogP contribution in [0.25, 0.3) is 0 Å². The Morgan fingerprint density at radius 3 is 2.68 bits per heavy atom. The van der Waals surface area contributed by atoms with Gasteiger partial charge in [0.2, 0.25) is 5.91 Å². The Morgan fingerprint density at radius 2 is 2.05 bits per heavy atom. The van der Waals surface area contributed by atoms with E-state index in [1.807, 2.05) is 30.3 Å². The molecule has 0 aromatic heterocycles. The van der Waals surface area contributed by atoms with E-state index in [1.54, 1.807) is 0 Å². The number of aliphatic hydroxyl groups is 1. The molecule has 0 radical (unpaired) electrons. The molecule has 0 heterocycles. The largest absolute Gasteiger partial charge is 0.395 e. The number of unbranched alkanes of at least 4 members (excludes halogenated alkanes) is 1. The van der Waals surface area contributed by atoms with Crippen molar-refractivity contribution in [3.05, 3.63) is 35.9 Å². The number of nitrogens with one attached hydrogen (secondary N) is 2. The van der Waals surface area contributed by atoms with Gasteiger partial charge in [-0.1, -0.05) is 43.7 Å². The molecule has 3 N–H and O–H groups in total. The molecule has 0 aliphatic rings. The molecular formula is C15H24N2O2. The van der Waals surface area contributed by atoms with Crippen molar-refractivity contribution in [1.29, 1.82) is 0 Å². The average molecular weight is 264 g/mol. The highest BCUT2D eigenvalue weighted by atomic mass is 16.3. The summed E-state index contributed by atoms with van der Waals surface area (Å²) in [5.74, 6) is -0.0139. The van der Waals surface area contributed by atoms with Crippen LogP contribution in [-0.2, 0) is 11.2 Å². The van der Waals surface area contributed by atoms with Crippen molar-refractivity contribution in [3.8, 4) is 0 Å². The van der Waals surface area contributed by atoms with Crippen molar-refractivity contribution < 1.29 is 9.90 Å². The quantitative estimate of drug-likeness (QED) is 0.585. The lowest BCUT2D eigenvalue weighted by molar-refractivity contribution is -0.120. The number of hydrogen-bond acceptors (Lipinski definition) is 3. The first-order chi connectivity index (χ1) is 9.26. The van der Waals surface area contributed by atoms with Crippen molar-refractivity contribution in [2.24, 2.45) is 0 Å². The second kappa shape index (κ2) is 9.53. The number of hydrogen-bond donors (Lipinski definition) is 3. The third kappa shape index (κ3) is 6.94. The fraction of sp³-hybridized carbons (Fsp3) is 0.533. The summed E-state index contributed by atoms with van der Waals surface area (Å²) in [5, 5.41) is 15.2. The second-order valence-corrected chi connectivity index (χ2v) is 4.65. The van der Waals surface area contributed by atoms with E-state index in [-0.39, 0.29) is 25.1 Å². The monoisotopic (exact) mass is 264 g/mol. The fourth-order valence-electron chi connectivity index (χ4n) is 1.80. The summed E-state index contributed by atoms with van der Waals surface area (Å²) in [6, 6.07) is 9.87. The van der Waals surface area contributed by atoms with Gasteiger partial charge in [0.15, 0.2) is 0 Å². The van der Waals surface area contributed by atoms with Gasteiger partial charge in [-0.2, -0.15) is 0 Å². The van der Waals surface area contributed by atoms with Gasteiger partial charge in [-0.05, 0) is 18.4 Å². The summed E-state index contributed by atoms with van der Waals surface area (Å²) in [6.07, 6.45) is 2.79. The van der Waals surface area contributed by atoms with Crippen LogP contribution in [0.1, 0.15) is 25.3 Å². The van der Waals surface area contributed by atoms with Gasteiger partial charge in [0.25, 0.3) is 0 Å². The summed E-state index contributed by atoms with van der Waals surface area (Å²) in [5.41, 5.74) is 1.15. The molecule has 19 heavy (non-hydrogen) atoms. The summed E-state index contributed by atoms with van der Waals surface area (Å²) in [7, 11) is 0. The third-order valence-corrected chi connectivity index (χ3v) is 2.95. The van der Waals surface area contributed by atoms with Crippen LogP contribution < -0.4 is 10.6 Å². The van der Waals surface area contributed by atoms with E-state index in [1.165, 1.54) is 0 Å². The Kier molecular flexibility index (Phi) is 7.86. The molecule has 0 fully saturated rings. The molecule has 1 aromatic carbocycles. The maximum atomic E-state index is 11.5. The predicted molar refractivity (Wildman–Crippen MR) is 76.9 cm³/mol. The van der Waals surface area contributed by atoms with Gasteiger partial charge < -0.3 is 15.7 Å². The number of benzene rings is 1. The number of rotatable bonds is 9. The fourth-order valence-corrected chi connectivity index (χ4v) is 1.80. The molecule has 0 aliphatic heterocycles. The van der Waals surface area contributed by atoms with Crippen molar-refractivity contribution in [3.63, 3.8) is 0 Å². The predicted octanol–water partition coefficient (Wildman–Crippen LogP) is 1.10. The highest BCUT2D eigenvalue weighted by Gasteiger charge is 2.09. The maximum absolute atomic E-state index is 11.5. The van der Waals surface area contributed by atoms with Crippen LogP contribution in [0, 0.1) is 0 Å². The van der Waals surface area contributed by atoms with Crippen molar-refractivity contribution in [1.82, 2.24) is 10.6 Å². The van der Waals surface area contributed by atoms with Gasteiger partial charge in [-0.25, -0.2) is 0 Å². The maximum Gasteiger partial charge on any atom is 0.233 e. The van der Waals surface area contributed by atoms with Crippen LogP contribution >= 0.6 is 0 Å². The van der Waals surface area contributed by atoms with Crippen LogP contribution in [0.3, 0.4) is 0 Å². The van der Waals surface area contributed by atoms with E-state index in [2.05, 4.69) is 17.6 Å². The van der Waals surface area contributed by atoms with Gasteiger partial charge in [-0.3, -0.25) is 4.79 Å². The van der Waals surface area contributed by atoms with E-state index < -0.39 is 0 Å². The molecular weight excluding hydrogens is 240 g/mol. The average Bonchev–Trinajstić information content (AvgIpc) is 2.45. The van der Waals surface area contributed by atoms with E-state index in [0.29, 0.717) is 0 Å². The van der Waals surface area contributed by atoms with E-state index in [0.717, 1.165) is 31.4 Å². The minimum atomic E-state index is -0.0840. The molecule has 0 bridgehead atoms. The molecule has 0 saturated heterocycles. The molecule has 0 saturated carbocycles. The topological polar surface area (TPSA) is 61.4 Å². The van der Waals surface area contributed by atoms with Crippen molar-refractivity contribution in [2.75, 3.05) is 19.7 Å². The smallest absolute Gasteiger partial charge is 0.233 e. The zero-order chi connectivity index (χ0) is 13.9. The minimum absolute atomic E-state index is 0.0139. The number of carbonyl (C=O) groups excluding carboxylic acids is 1. The molecule has 1 aromatic rings. The van der Waals surface area contributed by atoms with Crippen LogP contribution in [0.15, 0.2) is 30.3 Å². The van der Waals surface area contributed by atoms with Crippen LogP contribution in [0.5, 0.6) is 0 Å². The zero-order valence-corrected chi connectivity index (χ0v) is 11.6. The SMILES string of the molecule is CCCCNC(=O)CNC(CO)Cc1ccccc1. The molecule has 4 heteroatoms. The number of aliphatic hydroxyl groups excluding tert-OH is 1. The van der Waals surface area contributed by atoms with Gasteiger partial charge in [0.1, 0.15) is 0 Å². The Bertz CT molecular complexity index is 354. The molecule has 106 valence electrons. The third-order valence-electron chi connectivity index (χ3n) is 2.95. The first-order valence-corrected chi connectivity index (χ1v) is 6.91. The van der Waals surface area contributed by atoms with Crippen molar-refractivity contribution in [2.45, 2.75) is 32.2 Å². The molecule has 1 atom stereocenters. The van der Waals surface area contributed by atoms with Gasteiger partial charge in [-0.15, -0.1) is 0 Å². The minimum Gasteiger partial charge on any atom is -0.395 e. The van der Waals surface area contributed by atoms with Gasteiger partial charge in [0.05, 0.1) is 13.2 Å². The van der Waals surface area contributed by atoms with Crippen LogP contribution in [-0.4, -0.2) is 36.8 Å². The first-order valence-electron chi connectivity index (χ1n) is 6.91. The number of amides is 1. The summed E-state index contributed by atoms with van der Waals surface area (Å²) in [6.45, 7) is 3.09. The van der Waals surface area contributed by atoms with Gasteiger partial charge in [0, 0.05) is 12.6 Å². The molecule has 0 spiro atoms. The highest BCUT2D eigenvalue weighted by Crippen LogP contribution is 2.02. The lowest BCUT2D eigenvalue weighted by atomic mass is 10.1. The second-order valence-electron chi connectivity index (χ2n) is 4.65. The Labute approximate surface area is 115 Å². The Morgan fingerprint density at radius 1 is 1.32 bits per heavy atom. The lowest BCUT2D eigenvalue weighted by Crippen LogP contribution is -2.42. The summed E-state index contributed by atoms with van der Waals surface area (Å²) >= 11 is 0. The highest BCUT2D eigenvalue weighted by molar-refractivity contribution is 5.77. The molecule has 1 unspecified atom stereocenters. The summed E-state index contributed by atoms with van der Waals surface area (Å²) < 4.78 is 0. The lowest BCUT2D eigenvalue weighted by Gasteiger charge is -2.16. The molecule has 4 nitrogen and oxygen atoms in total. The van der Waals surface area contributed by atoms with E-state index in [9.17, 15) is 9.90 Å². The van der Waals surface area contributed by atoms with Crippen molar-refractivity contribution >= 4 is 5.91 Å². The normalized spacial score (nSPS) is 12.1. The number of carbonyl (C=O) groups is 1. The zero-order valence-electron chi connectivity index (χ0n) is 11.6. The molecule has 1 amide bonds.